The Balaban J connectivity index is 2.01. The van der Waals surface area contributed by atoms with Gasteiger partial charge in [0.1, 0.15) is 5.69 Å². The lowest BCUT2D eigenvalue weighted by Gasteiger charge is -2.16. The molecule has 0 aliphatic carbocycles. The molecule has 0 saturated heterocycles. The highest BCUT2D eigenvalue weighted by Gasteiger charge is 2.38. The number of aryl methyl sites for hydroxylation is 2. The maximum atomic E-state index is 12.8. The number of aromatic nitrogens is 4. The first-order valence-corrected chi connectivity index (χ1v) is 8.56. The summed E-state index contributed by atoms with van der Waals surface area (Å²) in [6.45, 7) is 4.18. The lowest BCUT2D eigenvalue weighted by Crippen LogP contribution is -2.27. The number of carbonyl (C=O) groups is 1. The molecule has 0 aliphatic rings. The number of rotatable bonds is 6. The van der Waals surface area contributed by atoms with Crippen molar-refractivity contribution in [2.75, 3.05) is 7.05 Å². The van der Waals surface area contributed by atoms with Gasteiger partial charge in [0.05, 0.1) is 28.8 Å². The Bertz CT molecular complexity index is 800. The molecular formula is C15H18Cl2F3N5O. The largest absolute Gasteiger partial charge is 0.436 e. The van der Waals surface area contributed by atoms with Crippen molar-refractivity contribution >= 4 is 29.1 Å². The van der Waals surface area contributed by atoms with Crippen LogP contribution in [0.25, 0.3) is 0 Å². The number of hydrogen-bond acceptors (Lipinski definition) is 3. The summed E-state index contributed by atoms with van der Waals surface area (Å²) in [5, 5.41) is 7.74. The summed E-state index contributed by atoms with van der Waals surface area (Å²) in [5.41, 5.74) is -0.421. The van der Waals surface area contributed by atoms with Crippen LogP contribution in [0.4, 0.5) is 13.2 Å². The Labute approximate surface area is 158 Å². The second-order valence-corrected chi connectivity index (χ2v) is 6.53. The minimum Gasteiger partial charge on any atom is -0.340 e. The van der Waals surface area contributed by atoms with E-state index in [-0.39, 0.29) is 31.1 Å². The monoisotopic (exact) mass is 411 g/mol. The van der Waals surface area contributed by atoms with Crippen molar-refractivity contribution in [3.05, 3.63) is 33.3 Å². The summed E-state index contributed by atoms with van der Waals surface area (Å²) in [4.78, 5) is 13.7. The summed E-state index contributed by atoms with van der Waals surface area (Å²) >= 11 is 11.8. The lowest BCUT2D eigenvalue weighted by molar-refractivity contribution is -0.141. The van der Waals surface area contributed by atoms with Gasteiger partial charge in [-0.05, 0) is 13.8 Å². The third-order valence-corrected chi connectivity index (χ3v) is 4.63. The molecule has 0 atom stereocenters. The molecule has 2 rings (SSSR count). The first-order valence-electron chi connectivity index (χ1n) is 7.80. The Morgan fingerprint density at radius 2 is 1.96 bits per heavy atom. The quantitative estimate of drug-likeness (QED) is 0.726. The normalized spacial score (nSPS) is 11.8. The molecule has 0 bridgehead atoms. The standard InChI is InChI=1S/C15H18Cl2F3N5O/c1-4-24-7-10(16)11(21-24)8-23(3)12(26)5-6-25-9(2)13(17)14(22-25)15(18,19)20/h7H,4-6,8H2,1-3H3. The lowest BCUT2D eigenvalue weighted by atomic mass is 10.3. The van der Waals surface area contributed by atoms with Crippen molar-refractivity contribution in [1.29, 1.82) is 0 Å². The zero-order valence-electron chi connectivity index (χ0n) is 14.4. The predicted octanol–water partition coefficient (Wildman–Crippen LogP) is 3.78. The molecule has 2 aromatic heterocycles. The van der Waals surface area contributed by atoms with E-state index >= 15 is 0 Å². The van der Waals surface area contributed by atoms with Crippen molar-refractivity contribution in [3.8, 4) is 0 Å². The highest BCUT2D eigenvalue weighted by molar-refractivity contribution is 6.32. The first kappa shape index (κ1) is 20.6. The van der Waals surface area contributed by atoms with Gasteiger partial charge in [-0.1, -0.05) is 23.2 Å². The summed E-state index contributed by atoms with van der Waals surface area (Å²) in [7, 11) is 1.58. The van der Waals surface area contributed by atoms with Gasteiger partial charge < -0.3 is 4.90 Å². The molecule has 144 valence electrons. The molecule has 2 aromatic rings. The minimum atomic E-state index is -4.64. The molecule has 1 amide bonds. The molecule has 0 fully saturated rings. The third-order valence-electron chi connectivity index (χ3n) is 3.86. The second-order valence-electron chi connectivity index (χ2n) is 5.75. The molecule has 0 spiro atoms. The van der Waals surface area contributed by atoms with Gasteiger partial charge >= 0.3 is 6.18 Å². The van der Waals surface area contributed by atoms with Crippen LogP contribution in [0, 0.1) is 6.92 Å². The number of hydrogen-bond donors (Lipinski definition) is 0. The number of alkyl halides is 3. The van der Waals surface area contributed by atoms with E-state index in [1.165, 1.54) is 11.8 Å². The fourth-order valence-electron chi connectivity index (χ4n) is 2.33. The van der Waals surface area contributed by atoms with Gasteiger partial charge in [-0.3, -0.25) is 14.2 Å². The molecule has 0 radical (unpaired) electrons. The first-order chi connectivity index (χ1) is 12.0. The van der Waals surface area contributed by atoms with Gasteiger partial charge in [0.15, 0.2) is 5.69 Å². The third kappa shape index (κ3) is 4.50. The summed E-state index contributed by atoms with van der Waals surface area (Å²) in [6, 6.07) is 0. The van der Waals surface area contributed by atoms with Crippen LogP contribution < -0.4 is 0 Å². The van der Waals surface area contributed by atoms with Crippen molar-refractivity contribution in [1.82, 2.24) is 24.5 Å². The van der Waals surface area contributed by atoms with Crippen LogP contribution in [-0.4, -0.2) is 37.4 Å². The molecule has 0 aromatic carbocycles. The van der Waals surface area contributed by atoms with Crippen molar-refractivity contribution in [2.45, 2.75) is 46.1 Å². The van der Waals surface area contributed by atoms with E-state index in [1.807, 2.05) is 6.92 Å². The Morgan fingerprint density at radius 3 is 2.46 bits per heavy atom. The maximum absolute atomic E-state index is 12.8. The maximum Gasteiger partial charge on any atom is 0.436 e. The molecule has 0 saturated carbocycles. The van der Waals surface area contributed by atoms with E-state index in [9.17, 15) is 18.0 Å². The van der Waals surface area contributed by atoms with Crippen LogP contribution in [0.15, 0.2) is 6.20 Å². The van der Waals surface area contributed by atoms with E-state index in [1.54, 1.807) is 17.9 Å². The highest BCUT2D eigenvalue weighted by atomic mass is 35.5. The molecule has 11 heteroatoms. The van der Waals surface area contributed by atoms with E-state index < -0.39 is 16.9 Å². The van der Waals surface area contributed by atoms with Crippen molar-refractivity contribution in [3.63, 3.8) is 0 Å². The van der Waals surface area contributed by atoms with Crippen LogP contribution in [-0.2, 0) is 30.6 Å². The van der Waals surface area contributed by atoms with Gasteiger partial charge in [-0.15, -0.1) is 0 Å². The van der Waals surface area contributed by atoms with Gasteiger partial charge in [-0.2, -0.15) is 23.4 Å². The van der Waals surface area contributed by atoms with Crippen LogP contribution in [0.2, 0.25) is 10.0 Å². The highest BCUT2D eigenvalue weighted by Crippen LogP contribution is 2.35. The summed E-state index contributed by atoms with van der Waals surface area (Å²) < 4.78 is 41.2. The van der Waals surface area contributed by atoms with E-state index in [2.05, 4.69) is 10.2 Å². The van der Waals surface area contributed by atoms with Gasteiger partial charge in [0.25, 0.3) is 0 Å². The van der Waals surface area contributed by atoms with Crippen LogP contribution >= 0.6 is 23.2 Å². The summed E-state index contributed by atoms with van der Waals surface area (Å²) in [5.74, 6) is -0.272. The molecular weight excluding hydrogens is 394 g/mol. The average Bonchev–Trinajstić information content (AvgIpc) is 3.06. The van der Waals surface area contributed by atoms with Gasteiger partial charge in [0, 0.05) is 26.2 Å². The fraction of sp³-hybridized carbons (Fsp3) is 0.533. The topological polar surface area (TPSA) is 56.0 Å². The van der Waals surface area contributed by atoms with Gasteiger partial charge in [0.2, 0.25) is 5.91 Å². The van der Waals surface area contributed by atoms with E-state index in [4.69, 9.17) is 23.2 Å². The summed E-state index contributed by atoms with van der Waals surface area (Å²) in [6.07, 6.45) is -3.00. The number of halogens is 5. The fourth-order valence-corrected chi connectivity index (χ4v) is 2.79. The Hall–Kier alpha value is -1.74. The van der Waals surface area contributed by atoms with Crippen LogP contribution in [0.1, 0.15) is 30.4 Å². The predicted molar refractivity (Wildman–Crippen MR) is 91.0 cm³/mol. The molecule has 26 heavy (non-hydrogen) atoms. The Morgan fingerprint density at radius 1 is 1.31 bits per heavy atom. The van der Waals surface area contributed by atoms with Crippen molar-refractivity contribution in [2.24, 2.45) is 0 Å². The SMILES string of the molecule is CCn1cc(Cl)c(CN(C)C(=O)CCn2nc(C(F)(F)F)c(Cl)c2C)n1. The molecule has 0 N–H and O–H groups in total. The zero-order valence-corrected chi connectivity index (χ0v) is 16.0. The van der Waals surface area contributed by atoms with E-state index in [0.29, 0.717) is 17.3 Å². The number of amides is 1. The van der Waals surface area contributed by atoms with Crippen LogP contribution in [0.5, 0.6) is 0 Å². The molecule has 2 heterocycles. The molecule has 0 aliphatic heterocycles. The van der Waals surface area contributed by atoms with Crippen molar-refractivity contribution < 1.29 is 18.0 Å². The molecule has 0 unspecified atom stereocenters. The second kappa shape index (κ2) is 7.87. The zero-order chi connectivity index (χ0) is 19.6. The number of nitrogens with zero attached hydrogens (tertiary/aromatic N) is 5. The number of carbonyl (C=O) groups excluding carboxylic acids is 1. The Kier molecular flexibility index (Phi) is 6.23. The average molecular weight is 412 g/mol. The smallest absolute Gasteiger partial charge is 0.340 e. The van der Waals surface area contributed by atoms with E-state index in [0.717, 1.165) is 4.68 Å². The minimum absolute atomic E-state index is 0.0120. The van der Waals surface area contributed by atoms with Gasteiger partial charge in [-0.25, -0.2) is 0 Å². The van der Waals surface area contributed by atoms with Crippen LogP contribution in [0.3, 0.4) is 0 Å². The molecule has 6 nitrogen and oxygen atoms in total.